The van der Waals surface area contributed by atoms with Gasteiger partial charge in [0.05, 0.1) is 19.8 Å². The van der Waals surface area contributed by atoms with Gasteiger partial charge in [0.25, 0.3) is 6.29 Å². The van der Waals surface area contributed by atoms with Gasteiger partial charge in [-0.25, -0.2) is 4.84 Å². The average molecular weight is 310 g/mol. The molecule has 0 aliphatic carbocycles. The third-order valence-electron chi connectivity index (χ3n) is 3.61. The van der Waals surface area contributed by atoms with Crippen molar-refractivity contribution < 1.29 is 29.3 Å². The topological polar surface area (TPSA) is 71.1 Å². The van der Waals surface area contributed by atoms with Crippen molar-refractivity contribution in [2.75, 3.05) is 27.4 Å². The molecule has 1 heterocycles. The summed E-state index contributed by atoms with van der Waals surface area (Å²) in [5, 5.41) is 12.3. The zero-order valence-electron chi connectivity index (χ0n) is 13.3. The molecule has 6 nitrogen and oxygen atoms in total. The van der Waals surface area contributed by atoms with Gasteiger partial charge >= 0.3 is 0 Å². The quantitative estimate of drug-likeness (QED) is 0.753. The predicted octanol–water partition coefficient (Wildman–Crippen LogP) is 0.196. The zero-order valence-corrected chi connectivity index (χ0v) is 13.3. The Balaban J connectivity index is 2.32. The Morgan fingerprint density at radius 1 is 1.27 bits per heavy atom. The molecule has 1 atom stereocenters. The highest BCUT2D eigenvalue weighted by Crippen LogP contribution is 2.31. The Kier molecular flexibility index (Phi) is 6.03. The van der Waals surface area contributed by atoms with Gasteiger partial charge in [-0.15, -0.1) is 0 Å². The lowest BCUT2D eigenvalue weighted by molar-refractivity contribution is -0.782. The number of rotatable bonds is 7. The molecule has 22 heavy (non-hydrogen) atoms. The van der Waals surface area contributed by atoms with Gasteiger partial charge in [-0.05, 0) is 36.2 Å². The molecule has 0 spiro atoms. The van der Waals surface area contributed by atoms with E-state index in [1.807, 2.05) is 19.1 Å². The Bertz CT molecular complexity index is 530. The van der Waals surface area contributed by atoms with Crippen molar-refractivity contribution in [3.63, 3.8) is 0 Å². The molecule has 0 fully saturated rings. The molecule has 122 valence electrons. The van der Waals surface area contributed by atoms with E-state index >= 15 is 0 Å². The minimum absolute atomic E-state index is 0.0676. The van der Waals surface area contributed by atoms with Gasteiger partial charge in [0.1, 0.15) is 0 Å². The molecular weight excluding hydrogens is 286 g/mol. The fraction of sp³-hybridized carbons (Fsp3) is 0.562. The van der Waals surface area contributed by atoms with E-state index < -0.39 is 0 Å². The van der Waals surface area contributed by atoms with Crippen LogP contribution in [0.25, 0.3) is 0 Å². The van der Waals surface area contributed by atoms with E-state index in [1.54, 1.807) is 14.2 Å². The van der Waals surface area contributed by atoms with E-state index in [0.717, 1.165) is 29.7 Å². The molecule has 0 saturated carbocycles. The van der Waals surface area contributed by atoms with Crippen molar-refractivity contribution >= 4 is 5.71 Å². The number of hydrogen-bond acceptors (Lipinski definition) is 5. The maximum absolute atomic E-state index is 9.29. The number of aliphatic hydroxyl groups excluding tert-OH is 1. The SMILES string of the molecule is CCOC1CCC(c2cc(OC)c(OC)cc2CCO)=[NH+]O1. The van der Waals surface area contributed by atoms with Crippen molar-refractivity contribution in [2.24, 2.45) is 0 Å². The Hall–Kier alpha value is -1.79. The average Bonchev–Trinajstić information content (AvgIpc) is 2.56. The van der Waals surface area contributed by atoms with Crippen molar-refractivity contribution in [1.29, 1.82) is 0 Å². The first-order valence-corrected chi connectivity index (χ1v) is 7.48. The third kappa shape index (κ3) is 3.69. The summed E-state index contributed by atoms with van der Waals surface area (Å²) < 4.78 is 16.1. The third-order valence-corrected chi connectivity index (χ3v) is 3.61. The second-order valence-corrected chi connectivity index (χ2v) is 4.96. The van der Waals surface area contributed by atoms with Gasteiger partial charge in [0.2, 0.25) is 5.71 Å². The molecule has 2 rings (SSSR count). The summed E-state index contributed by atoms with van der Waals surface area (Å²) in [6.45, 7) is 2.63. The van der Waals surface area contributed by atoms with Crippen molar-refractivity contribution in [2.45, 2.75) is 32.5 Å². The molecule has 0 aromatic heterocycles. The molecule has 1 aromatic rings. The lowest BCUT2D eigenvalue weighted by atomic mass is 9.96. The van der Waals surface area contributed by atoms with E-state index in [1.165, 1.54) is 0 Å². The van der Waals surface area contributed by atoms with Crippen LogP contribution < -0.4 is 14.6 Å². The van der Waals surface area contributed by atoms with E-state index in [2.05, 4.69) is 5.16 Å². The lowest BCUT2D eigenvalue weighted by Crippen LogP contribution is -2.76. The number of methoxy groups -OCH3 is 2. The molecule has 0 saturated heterocycles. The lowest BCUT2D eigenvalue weighted by Gasteiger charge is -2.18. The van der Waals surface area contributed by atoms with Crippen LogP contribution in [0.4, 0.5) is 0 Å². The summed E-state index contributed by atoms with van der Waals surface area (Å²) in [6.07, 6.45) is 1.90. The second kappa shape index (κ2) is 8.00. The van der Waals surface area contributed by atoms with Gasteiger partial charge in [-0.3, -0.25) is 0 Å². The fourth-order valence-corrected chi connectivity index (χ4v) is 2.53. The second-order valence-electron chi connectivity index (χ2n) is 4.96. The van der Waals surface area contributed by atoms with E-state index in [0.29, 0.717) is 24.5 Å². The highest BCUT2D eigenvalue weighted by molar-refractivity contribution is 5.98. The van der Waals surface area contributed by atoms with Crippen LogP contribution in [0.1, 0.15) is 30.9 Å². The Morgan fingerprint density at radius 3 is 2.55 bits per heavy atom. The number of hydrogen-bond donors (Lipinski definition) is 2. The van der Waals surface area contributed by atoms with Crippen molar-refractivity contribution in [3.8, 4) is 11.5 Å². The van der Waals surface area contributed by atoms with E-state index in [-0.39, 0.29) is 12.9 Å². The monoisotopic (exact) mass is 310 g/mol. The van der Waals surface area contributed by atoms with Gasteiger partial charge in [-0.2, -0.15) is 0 Å². The number of nitrogens with one attached hydrogen (secondary N) is 1. The molecule has 1 aliphatic rings. The van der Waals surface area contributed by atoms with Crippen LogP contribution in [0.2, 0.25) is 0 Å². The fourth-order valence-electron chi connectivity index (χ4n) is 2.53. The maximum atomic E-state index is 9.29. The van der Waals surface area contributed by atoms with Gasteiger partial charge in [0.15, 0.2) is 11.5 Å². The minimum atomic E-state index is -0.227. The zero-order chi connectivity index (χ0) is 15.9. The molecule has 0 bridgehead atoms. The summed E-state index contributed by atoms with van der Waals surface area (Å²) in [5.74, 6) is 1.31. The largest absolute Gasteiger partial charge is 0.493 e. The van der Waals surface area contributed by atoms with Crippen LogP contribution in [0.5, 0.6) is 11.5 Å². The van der Waals surface area contributed by atoms with Crippen LogP contribution in [-0.2, 0) is 16.0 Å². The maximum Gasteiger partial charge on any atom is 0.270 e. The number of ether oxygens (including phenoxy) is 3. The minimum Gasteiger partial charge on any atom is -0.493 e. The first-order valence-electron chi connectivity index (χ1n) is 7.48. The normalized spacial score (nSPS) is 17.6. The van der Waals surface area contributed by atoms with E-state index in [9.17, 15) is 5.11 Å². The molecule has 1 aromatic carbocycles. The van der Waals surface area contributed by atoms with Crippen LogP contribution >= 0.6 is 0 Å². The van der Waals surface area contributed by atoms with Crippen LogP contribution in [0.15, 0.2) is 12.1 Å². The summed E-state index contributed by atoms with van der Waals surface area (Å²) in [7, 11) is 3.20. The summed E-state index contributed by atoms with van der Waals surface area (Å²) >= 11 is 0. The van der Waals surface area contributed by atoms with Crippen molar-refractivity contribution in [3.05, 3.63) is 23.3 Å². The van der Waals surface area contributed by atoms with Gasteiger partial charge < -0.3 is 19.3 Å². The molecular formula is C16H24NO5+. The van der Waals surface area contributed by atoms with Gasteiger partial charge in [0, 0.05) is 26.1 Å². The number of aliphatic hydroxyl groups is 1. The van der Waals surface area contributed by atoms with Gasteiger partial charge in [-0.1, -0.05) is 0 Å². The standard InChI is InChI=1S/C16H23NO5/c1-4-21-16-6-5-13(17-22-16)12-10-15(20-3)14(19-2)9-11(12)7-8-18/h9-10,16,18H,4-8H2,1-3H3/p+1. The molecule has 2 N–H and O–H groups in total. The van der Waals surface area contributed by atoms with E-state index in [4.69, 9.17) is 19.0 Å². The van der Waals surface area contributed by atoms with Crippen LogP contribution in [0.3, 0.4) is 0 Å². The van der Waals surface area contributed by atoms with Crippen LogP contribution in [0, 0.1) is 0 Å². The summed E-state index contributed by atoms with van der Waals surface area (Å²) in [5.41, 5.74) is 2.92. The van der Waals surface area contributed by atoms with Crippen LogP contribution in [-0.4, -0.2) is 44.5 Å². The predicted molar refractivity (Wildman–Crippen MR) is 81.1 cm³/mol. The smallest absolute Gasteiger partial charge is 0.270 e. The first-order chi connectivity index (χ1) is 10.7. The summed E-state index contributed by atoms with van der Waals surface area (Å²) in [4.78, 5) is 5.50. The molecule has 1 unspecified atom stereocenters. The first kappa shape index (κ1) is 16.6. The highest BCUT2D eigenvalue weighted by Gasteiger charge is 2.27. The Labute approximate surface area is 130 Å². The molecule has 1 aliphatic heterocycles. The van der Waals surface area contributed by atoms with Crippen molar-refractivity contribution in [1.82, 2.24) is 0 Å². The summed E-state index contributed by atoms with van der Waals surface area (Å²) in [6, 6.07) is 3.81. The highest BCUT2D eigenvalue weighted by atomic mass is 16.8. The molecule has 0 radical (unpaired) electrons. The Morgan fingerprint density at radius 2 is 2.00 bits per heavy atom. The number of benzene rings is 1. The molecule has 6 heteroatoms. The molecule has 0 amide bonds.